The van der Waals surface area contributed by atoms with Crippen molar-refractivity contribution >= 4 is 5.91 Å². The molecule has 1 amide bonds. The molecule has 4 heteroatoms. The van der Waals surface area contributed by atoms with E-state index in [0.717, 1.165) is 13.0 Å². The Kier molecular flexibility index (Phi) is 6.70. The molecule has 0 spiro atoms. The third-order valence-corrected chi connectivity index (χ3v) is 1.34. The monoisotopic (exact) mass is 175 g/mol. The van der Waals surface area contributed by atoms with Crippen LogP contribution in [0, 0.1) is 0 Å². The molecule has 72 valence electrons. The van der Waals surface area contributed by atoms with Crippen LogP contribution in [0.25, 0.3) is 0 Å². The number of rotatable bonds is 7. The van der Waals surface area contributed by atoms with Gasteiger partial charge in [0.25, 0.3) is 0 Å². The van der Waals surface area contributed by atoms with Crippen molar-refractivity contribution in [1.82, 2.24) is 0 Å². The minimum absolute atomic E-state index is 0.421. The summed E-state index contributed by atoms with van der Waals surface area (Å²) in [4.78, 5) is 10.5. The van der Waals surface area contributed by atoms with Gasteiger partial charge in [-0.05, 0) is 13.3 Å². The van der Waals surface area contributed by atoms with E-state index in [9.17, 15) is 4.79 Å². The fraction of sp³-hybridized carbons (Fsp3) is 0.875. The number of carbonyl (C=O) groups is 1. The van der Waals surface area contributed by atoms with Gasteiger partial charge in [-0.25, -0.2) is 0 Å². The average Bonchev–Trinajstić information content (AvgIpc) is 2.03. The molecule has 0 aliphatic heterocycles. The molecule has 0 rings (SSSR count). The van der Waals surface area contributed by atoms with Crippen LogP contribution in [-0.4, -0.2) is 31.8 Å². The molecular weight excluding hydrogens is 158 g/mol. The van der Waals surface area contributed by atoms with E-state index < -0.39 is 12.0 Å². The predicted molar refractivity (Wildman–Crippen MR) is 45.7 cm³/mol. The second kappa shape index (κ2) is 7.06. The third-order valence-electron chi connectivity index (χ3n) is 1.34. The molecule has 0 radical (unpaired) electrons. The number of ether oxygens (including phenoxy) is 2. The van der Waals surface area contributed by atoms with Gasteiger partial charge in [-0.2, -0.15) is 0 Å². The quantitative estimate of drug-likeness (QED) is 0.566. The Labute approximate surface area is 73.0 Å². The molecule has 0 saturated carbocycles. The summed E-state index contributed by atoms with van der Waals surface area (Å²) in [5, 5.41) is 0. The first-order valence-electron chi connectivity index (χ1n) is 4.17. The second-order valence-electron chi connectivity index (χ2n) is 2.53. The van der Waals surface area contributed by atoms with Crippen LogP contribution in [0.4, 0.5) is 0 Å². The Morgan fingerprint density at radius 2 is 2.08 bits per heavy atom. The molecule has 0 aromatic rings. The molecule has 0 bridgehead atoms. The van der Waals surface area contributed by atoms with Crippen molar-refractivity contribution in [3.63, 3.8) is 0 Å². The number of amides is 1. The number of hydrogen-bond acceptors (Lipinski definition) is 3. The zero-order valence-electron chi connectivity index (χ0n) is 7.71. The van der Waals surface area contributed by atoms with Crippen molar-refractivity contribution in [2.24, 2.45) is 5.73 Å². The summed E-state index contributed by atoms with van der Waals surface area (Å²) in [6.07, 6.45) is 0.473. The lowest BCUT2D eigenvalue weighted by atomic mass is 10.4. The molecule has 12 heavy (non-hydrogen) atoms. The molecule has 0 heterocycles. The minimum Gasteiger partial charge on any atom is -0.379 e. The van der Waals surface area contributed by atoms with Gasteiger partial charge in [0.15, 0.2) is 0 Å². The van der Waals surface area contributed by atoms with Crippen LogP contribution in [0.1, 0.15) is 20.3 Å². The Morgan fingerprint density at radius 1 is 1.42 bits per heavy atom. The van der Waals surface area contributed by atoms with Crippen LogP contribution in [0.3, 0.4) is 0 Å². The Hall–Kier alpha value is -0.610. The van der Waals surface area contributed by atoms with Crippen LogP contribution in [-0.2, 0) is 14.3 Å². The summed E-state index contributed by atoms with van der Waals surface area (Å²) in [5.74, 6) is -0.439. The van der Waals surface area contributed by atoms with Gasteiger partial charge in [0.1, 0.15) is 6.10 Å². The predicted octanol–water partition coefficient (Wildman–Crippen LogP) is 0.303. The maximum Gasteiger partial charge on any atom is 0.246 e. The summed E-state index contributed by atoms with van der Waals surface area (Å²) in [5.41, 5.74) is 4.97. The van der Waals surface area contributed by atoms with Crippen molar-refractivity contribution < 1.29 is 14.3 Å². The fourth-order valence-electron chi connectivity index (χ4n) is 0.612. The van der Waals surface area contributed by atoms with E-state index in [2.05, 4.69) is 0 Å². The molecule has 2 N–H and O–H groups in total. The largest absolute Gasteiger partial charge is 0.379 e. The van der Waals surface area contributed by atoms with Gasteiger partial charge in [0.05, 0.1) is 13.2 Å². The Bertz CT molecular complexity index is 127. The molecule has 0 aromatic heterocycles. The van der Waals surface area contributed by atoms with Crippen molar-refractivity contribution in [3.8, 4) is 0 Å². The highest BCUT2D eigenvalue weighted by Gasteiger charge is 2.07. The highest BCUT2D eigenvalue weighted by atomic mass is 16.5. The SMILES string of the molecule is CCCOCCOC(C)C(N)=O. The smallest absolute Gasteiger partial charge is 0.246 e. The lowest BCUT2D eigenvalue weighted by molar-refractivity contribution is -0.129. The molecule has 0 saturated heterocycles. The first-order chi connectivity index (χ1) is 5.68. The zero-order valence-corrected chi connectivity index (χ0v) is 7.71. The van der Waals surface area contributed by atoms with Crippen LogP contribution < -0.4 is 5.73 Å². The van der Waals surface area contributed by atoms with E-state index in [-0.39, 0.29) is 0 Å². The number of hydrogen-bond donors (Lipinski definition) is 1. The van der Waals surface area contributed by atoms with Gasteiger partial charge >= 0.3 is 0 Å². The van der Waals surface area contributed by atoms with E-state index in [1.807, 2.05) is 6.92 Å². The maximum absolute atomic E-state index is 10.5. The lowest BCUT2D eigenvalue weighted by Crippen LogP contribution is -2.29. The van der Waals surface area contributed by atoms with Crippen LogP contribution >= 0.6 is 0 Å². The second-order valence-corrected chi connectivity index (χ2v) is 2.53. The van der Waals surface area contributed by atoms with Crippen molar-refractivity contribution in [1.29, 1.82) is 0 Å². The van der Waals surface area contributed by atoms with Crippen LogP contribution in [0.15, 0.2) is 0 Å². The summed E-state index contributed by atoms with van der Waals surface area (Å²) in [6.45, 7) is 5.33. The normalized spacial score (nSPS) is 12.8. The molecule has 0 aliphatic rings. The molecule has 0 fully saturated rings. The highest BCUT2D eigenvalue weighted by molar-refractivity contribution is 5.78. The van der Waals surface area contributed by atoms with E-state index >= 15 is 0 Å². The fourth-order valence-corrected chi connectivity index (χ4v) is 0.612. The number of primary amides is 1. The molecular formula is C8H17NO3. The van der Waals surface area contributed by atoms with Gasteiger partial charge in [0.2, 0.25) is 5.91 Å². The zero-order chi connectivity index (χ0) is 9.40. The molecule has 4 nitrogen and oxygen atoms in total. The van der Waals surface area contributed by atoms with E-state index in [1.54, 1.807) is 6.92 Å². The van der Waals surface area contributed by atoms with Gasteiger partial charge in [-0.15, -0.1) is 0 Å². The standard InChI is InChI=1S/C8H17NO3/c1-3-4-11-5-6-12-7(2)8(9)10/h7H,3-6H2,1-2H3,(H2,9,10). The van der Waals surface area contributed by atoms with Crippen LogP contribution in [0.5, 0.6) is 0 Å². The average molecular weight is 175 g/mol. The van der Waals surface area contributed by atoms with Crippen molar-refractivity contribution in [2.75, 3.05) is 19.8 Å². The number of nitrogens with two attached hydrogens (primary N) is 1. The maximum atomic E-state index is 10.5. The Morgan fingerprint density at radius 3 is 2.58 bits per heavy atom. The Balaban J connectivity index is 3.14. The summed E-state index contributed by atoms with van der Waals surface area (Å²) in [6, 6.07) is 0. The van der Waals surface area contributed by atoms with E-state index in [1.165, 1.54) is 0 Å². The summed E-state index contributed by atoms with van der Waals surface area (Å²) in [7, 11) is 0. The topological polar surface area (TPSA) is 61.6 Å². The molecule has 1 atom stereocenters. The van der Waals surface area contributed by atoms with E-state index in [0.29, 0.717) is 13.2 Å². The third kappa shape index (κ3) is 6.12. The minimum atomic E-state index is -0.518. The van der Waals surface area contributed by atoms with E-state index in [4.69, 9.17) is 15.2 Å². The highest BCUT2D eigenvalue weighted by Crippen LogP contribution is 1.89. The van der Waals surface area contributed by atoms with Crippen molar-refractivity contribution in [2.45, 2.75) is 26.4 Å². The number of carbonyl (C=O) groups excluding carboxylic acids is 1. The van der Waals surface area contributed by atoms with Crippen molar-refractivity contribution in [3.05, 3.63) is 0 Å². The molecule has 0 aliphatic carbocycles. The lowest BCUT2D eigenvalue weighted by Gasteiger charge is -2.08. The van der Waals surface area contributed by atoms with Gasteiger partial charge in [0, 0.05) is 6.61 Å². The van der Waals surface area contributed by atoms with Gasteiger partial charge in [-0.1, -0.05) is 6.92 Å². The summed E-state index contributed by atoms with van der Waals surface area (Å²) >= 11 is 0. The first kappa shape index (κ1) is 11.4. The first-order valence-corrected chi connectivity index (χ1v) is 4.17. The summed E-state index contributed by atoms with van der Waals surface area (Å²) < 4.78 is 10.2. The molecule has 0 aromatic carbocycles. The molecule has 1 unspecified atom stereocenters. The van der Waals surface area contributed by atoms with Gasteiger partial charge in [-0.3, -0.25) is 4.79 Å². The van der Waals surface area contributed by atoms with Gasteiger partial charge < -0.3 is 15.2 Å². The van der Waals surface area contributed by atoms with Crippen LogP contribution in [0.2, 0.25) is 0 Å².